The van der Waals surface area contributed by atoms with Gasteiger partial charge in [-0.1, -0.05) is 6.92 Å². The lowest BCUT2D eigenvalue weighted by Gasteiger charge is -2.05. The Bertz CT molecular complexity index is 761. The molecule has 9 nitrogen and oxygen atoms in total. The maximum Gasteiger partial charge on any atom is 0.371 e. The Morgan fingerprint density at radius 1 is 1.52 bits per heavy atom. The van der Waals surface area contributed by atoms with Crippen LogP contribution in [0.1, 0.15) is 29.1 Å². The van der Waals surface area contributed by atoms with Crippen LogP contribution in [0.4, 0.5) is 0 Å². The van der Waals surface area contributed by atoms with Crippen LogP contribution in [0.3, 0.4) is 0 Å². The minimum absolute atomic E-state index is 0.0599. The topological polar surface area (TPSA) is 127 Å². The first-order valence-electron chi connectivity index (χ1n) is 6.03. The molecule has 2 heterocycles. The van der Waals surface area contributed by atoms with Gasteiger partial charge in [-0.05, 0) is 0 Å². The minimum Gasteiger partial charge on any atom is -0.475 e. The Kier molecular flexibility index (Phi) is 4.09. The summed E-state index contributed by atoms with van der Waals surface area (Å²) in [5.41, 5.74) is 0. The zero-order valence-corrected chi connectivity index (χ0v) is 12.2. The SMILES string of the molecule is CCc1oc(C(=O)O)cc1S(=O)(=O)NCc1nncn1C. The number of carboxylic acid groups (broad SMARTS) is 1. The van der Waals surface area contributed by atoms with Gasteiger partial charge in [0.1, 0.15) is 22.8 Å². The van der Waals surface area contributed by atoms with E-state index in [0.29, 0.717) is 5.82 Å². The number of aromatic nitrogens is 3. The van der Waals surface area contributed by atoms with E-state index in [9.17, 15) is 13.2 Å². The molecule has 0 aliphatic rings. The number of hydrogen-bond donors (Lipinski definition) is 2. The summed E-state index contributed by atoms with van der Waals surface area (Å²) in [6.45, 7) is 1.61. The maximum atomic E-state index is 12.2. The molecule has 0 unspecified atom stereocenters. The number of nitrogens with zero attached hydrogens (tertiary/aromatic N) is 3. The third-order valence-electron chi connectivity index (χ3n) is 2.82. The first kappa shape index (κ1) is 15.2. The molecule has 0 radical (unpaired) electrons. The van der Waals surface area contributed by atoms with Crippen molar-refractivity contribution in [1.82, 2.24) is 19.5 Å². The van der Waals surface area contributed by atoms with Crippen LogP contribution < -0.4 is 4.72 Å². The van der Waals surface area contributed by atoms with Gasteiger partial charge in [0.25, 0.3) is 0 Å². The van der Waals surface area contributed by atoms with E-state index in [-0.39, 0.29) is 23.6 Å². The normalized spacial score (nSPS) is 11.7. The van der Waals surface area contributed by atoms with Gasteiger partial charge in [0.2, 0.25) is 15.8 Å². The Morgan fingerprint density at radius 2 is 2.24 bits per heavy atom. The van der Waals surface area contributed by atoms with E-state index in [2.05, 4.69) is 14.9 Å². The second-order valence-electron chi connectivity index (χ2n) is 4.24. The molecule has 0 saturated heterocycles. The van der Waals surface area contributed by atoms with Crippen molar-refractivity contribution in [1.29, 1.82) is 0 Å². The van der Waals surface area contributed by atoms with Gasteiger partial charge < -0.3 is 14.1 Å². The molecule has 0 aliphatic heterocycles. The van der Waals surface area contributed by atoms with E-state index < -0.39 is 21.8 Å². The Hall–Kier alpha value is -2.20. The highest BCUT2D eigenvalue weighted by Crippen LogP contribution is 2.21. The number of carboxylic acids is 1. The second kappa shape index (κ2) is 5.66. The monoisotopic (exact) mass is 314 g/mol. The summed E-state index contributed by atoms with van der Waals surface area (Å²) in [6, 6.07) is 1.00. The predicted octanol–water partition coefficient (Wildman–Crippen LogP) is 0.147. The number of aromatic carboxylic acids is 1. The smallest absolute Gasteiger partial charge is 0.371 e. The highest BCUT2D eigenvalue weighted by atomic mass is 32.2. The van der Waals surface area contributed by atoms with Gasteiger partial charge in [0, 0.05) is 19.5 Å². The zero-order chi connectivity index (χ0) is 15.6. The minimum atomic E-state index is -3.90. The number of furan rings is 1. The van der Waals surface area contributed by atoms with Crippen molar-refractivity contribution in [2.24, 2.45) is 7.05 Å². The number of rotatable bonds is 6. The molecule has 2 rings (SSSR count). The fourth-order valence-corrected chi connectivity index (χ4v) is 2.92. The predicted molar refractivity (Wildman–Crippen MR) is 70.1 cm³/mol. The van der Waals surface area contributed by atoms with Crippen molar-refractivity contribution < 1.29 is 22.7 Å². The molecular weight excluding hydrogens is 300 g/mol. The number of carbonyl (C=O) groups is 1. The zero-order valence-electron chi connectivity index (χ0n) is 11.4. The molecule has 21 heavy (non-hydrogen) atoms. The van der Waals surface area contributed by atoms with Crippen molar-refractivity contribution >= 4 is 16.0 Å². The number of hydrogen-bond acceptors (Lipinski definition) is 6. The van der Waals surface area contributed by atoms with Crippen molar-refractivity contribution in [2.75, 3.05) is 0 Å². The number of sulfonamides is 1. The lowest BCUT2D eigenvalue weighted by atomic mass is 10.3. The summed E-state index contributed by atoms with van der Waals surface area (Å²) in [4.78, 5) is 10.7. The fraction of sp³-hybridized carbons (Fsp3) is 0.364. The summed E-state index contributed by atoms with van der Waals surface area (Å²) >= 11 is 0. The quantitative estimate of drug-likeness (QED) is 0.776. The molecule has 2 aromatic rings. The van der Waals surface area contributed by atoms with Crippen LogP contribution in [-0.4, -0.2) is 34.3 Å². The number of nitrogens with one attached hydrogen (secondary N) is 1. The second-order valence-corrected chi connectivity index (χ2v) is 5.97. The molecule has 0 bridgehead atoms. The van der Waals surface area contributed by atoms with E-state index in [1.54, 1.807) is 18.5 Å². The van der Waals surface area contributed by atoms with E-state index in [1.165, 1.54) is 6.33 Å². The van der Waals surface area contributed by atoms with Crippen LogP contribution in [0.15, 0.2) is 21.7 Å². The molecule has 2 N–H and O–H groups in total. The molecule has 0 atom stereocenters. The van der Waals surface area contributed by atoms with Gasteiger partial charge in [0.15, 0.2) is 0 Å². The molecule has 10 heteroatoms. The van der Waals surface area contributed by atoms with Crippen molar-refractivity contribution in [3.05, 3.63) is 29.7 Å². The summed E-state index contributed by atoms with van der Waals surface area (Å²) in [6.07, 6.45) is 1.70. The lowest BCUT2D eigenvalue weighted by molar-refractivity contribution is 0.0660. The van der Waals surface area contributed by atoms with E-state index in [4.69, 9.17) is 9.52 Å². The molecule has 2 aromatic heterocycles. The van der Waals surface area contributed by atoms with Crippen LogP contribution in [0.2, 0.25) is 0 Å². The van der Waals surface area contributed by atoms with Gasteiger partial charge in [-0.15, -0.1) is 10.2 Å². The Balaban J connectivity index is 2.27. The third-order valence-corrected chi connectivity index (χ3v) is 4.27. The van der Waals surface area contributed by atoms with E-state index >= 15 is 0 Å². The first-order valence-corrected chi connectivity index (χ1v) is 7.52. The van der Waals surface area contributed by atoms with Gasteiger partial charge in [-0.2, -0.15) is 0 Å². The molecule has 114 valence electrons. The van der Waals surface area contributed by atoms with Crippen LogP contribution in [0, 0.1) is 0 Å². The van der Waals surface area contributed by atoms with Gasteiger partial charge in [0.05, 0.1) is 6.54 Å². The molecule has 0 saturated carbocycles. The fourth-order valence-electron chi connectivity index (χ4n) is 1.70. The van der Waals surface area contributed by atoms with Crippen LogP contribution in [-0.2, 0) is 30.0 Å². The summed E-state index contributed by atoms with van der Waals surface area (Å²) in [7, 11) is -2.21. The van der Waals surface area contributed by atoms with Crippen molar-refractivity contribution in [3.8, 4) is 0 Å². The molecule has 0 spiro atoms. The number of aryl methyl sites for hydroxylation is 2. The standard InChI is InChI=1S/C11H14N4O5S/c1-3-7-9(4-8(20-7)11(16)17)21(18,19)13-5-10-14-12-6-15(10)2/h4,6,13H,3,5H2,1-2H3,(H,16,17). The van der Waals surface area contributed by atoms with Gasteiger partial charge in [-0.3, -0.25) is 0 Å². The van der Waals surface area contributed by atoms with Crippen molar-refractivity contribution in [2.45, 2.75) is 24.8 Å². The van der Waals surface area contributed by atoms with E-state index in [0.717, 1.165) is 6.07 Å². The highest BCUT2D eigenvalue weighted by molar-refractivity contribution is 7.89. The molecule has 0 fully saturated rings. The summed E-state index contributed by atoms with van der Waals surface area (Å²) < 4.78 is 33.4. The average molecular weight is 314 g/mol. The van der Waals surface area contributed by atoms with E-state index in [1.807, 2.05) is 0 Å². The van der Waals surface area contributed by atoms with Crippen LogP contribution >= 0.6 is 0 Å². The molecular formula is C11H14N4O5S. The molecule has 0 aliphatic carbocycles. The first-order chi connectivity index (χ1) is 9.85. The third kappa shape index (κ3) is 3.11. The Labute approximate surface area is 120 Å². The average Bonchev–Trinajstić information content (AvgIpc) is 3.02. The largest absolute Gasteiger partial charge is 0.475 e. The van der Waals surface area contributed by atoms with Crippen LogP contribution in [0.5, 0.6) is 0 Å². The summed E-state index contributed by atoms with van der Waals surface area (Å²) in [5, 5.41) is 16.3. The maximum absolute atomic E-state index is 12.2. The lowest BCUT2D eigenvalue weighted by Crippen LogP contribution is -2.25. The van der Waals surface area contributed by atoms with Gasteiger partial charge >= 0.3 is 5.97 Å². The highest BCUT2D eigenvalue weighted by Gasteiger charge is 2.25. The molecule has 0 aromatic carbocycles. The van der Waals surface area contributed by atoms with Crippen LogP contribution in [0.25, 0.3) is 0 Å². The molecule has 0 amide bonds. The van der Waals surface area contributed by atoms with Gasteiger partial charge in [-0.25, -0.2) is 17.9 Å². The van der Waals surface area contributed by atoms with Crippen molar-refractivity contribution in [3.63, 3.8) is 0 Å². The Morgan fingerprint density at radius 3 is 2.76 bits per heavy atom. The summed E-state index contributed by atoms with van der Waals surface area (Å²) in [5.74, 6) is -1.21.